The summed E-state index contributed by atoms with van der Waals surface area (Å²) in [6, 6.07) is 3.91. The number of carboxylic acid groups (broad SMARTS) is 1. The van der Waals surface area contributed by atoms with Crippen LogP contribution in [0.1, 0.15) is 11.1 Å². The minimum atomic E-state index is -0.803. The third-order valence-electron chi connectivity index (χ3n) is 1.61. The average molecular weight is 355 g/mol. The van der Waals surface area contributed by atoms with E-state index in [2.05, 4.69) is 38.5 Å². The van der Waals surface area contributed by atoms with Crippen LogP contribution in [0.25, 0.3) is 0 Å². The van der Waals surface area contributed by atoms with E-state index in [1.807, 2.05) is 19.1 Å². The maximum absolute atomic E-state index is 10.5. The first kappa shape index (κ1) is 11.0. The van der Waals surface area contributed by atoms with Crippen molar-refractivity contribution in [3.05, 3.63) is 31.3 Å². The molecule has 0 aliphatic heterocycles. The monoisotopic (exact) mass is 354 g/mol. The van der Waals surface area contributed by atoms with E-state index < -0.39 is 5.97 Å². The van der Waals surface area contributed by atoms with E-state index in [0.29, 0.717) is 0 Å². The van der Waals surface area contributed by atoms with E-state index in [-0.39, 0.29) is 6.42 Å². The molecule has 0 radical (unpaired) electrons. The largest absolute Gasteiger partial charge is 0.481 e. The first-order valence-electron chi connectivity index (χ1n) is 3.67. The molecule has 0 saturated heterocycles. The minimum absolute atomic E-state index is 0.0686. The third-order valence-corrected chi connectivity index (χ3v) is 3.28. The molecule has 13 heavy (non-hydrogen) atoms. The number of aliphatic carboxylic acids is 1. The fourth-order valence-corrected chi connectivity index (χ4v) is 3.11. The number of carbonyl (C=O) groups is 1. The van der Waals surface area contributed by atoms with Gasteiger partial charge >= 0.3 is 5.97 Å². The molecule has 0 aromatic heterocycles. The van der Waals surface area contributed by atoms with Crippen LogP contribution in [-0.2, 0) is 11.2 Å². The lowest BCUT2D eigenvalue weighted by atomic mass is 10.1. The summed E-state index contributed by atoms with van der Waals surface area (Å²) >= 11 is 5.51. The first-order chi connectivity index (χ1) is 6.00. The summed E-state index contributed by atoms with van der Waals surface area (Å²) in [5, 5.41) is 8.66. The van der Waals surface area contributed by atoms with Crippen molar-refractivity contribution in [1.82, 2.24) is 0 Å². The van der Waals surface area contributed by atoms with Crippen molar-refractivity contribution in [2.45, 2.75) is 13.3 Å². The van der Waals surface area contributed by atoms with Crippen LogP contribution in [0.15, 0.2) is 16.6 Å². The van der Waals surface area contributed by atoms with Crippen molar-refractivity contribution < 1.29 is 9.90 Å². The van der Waals surface area contributed by atoms with Crippen molar-refractivity contribution in [3.8, 4) is 0 Å². The van der Waals surface area contributed by atoms with Crippen LogP contribution in [0.2, 0.25) is 0 Å². The molecule has 0 heterocycles. The summed E-state index contributed by atoms with van der Waals surface area (Å²) in [6.07, 6.45) is 0.0686. The maximum atomic E-state index is 10.5. The molecule has 0 amide bonds. The Morgan fingerprint density at radius 1 is 1.62 bits per heavy atom. The lowest BCUT2D eigenvalue weighted by Crippen LogP contribution is -2.03. The molecule has 1 N–H and O–H groups in total. The van der Waals surface area contributed by atoms with E-state index in [4.69, 9.17) is 5.11 Å². The highest BCUT2D eigenvalue weighted by molar-refractivity contribution is 14.1. The van der Waals surface area contributed by atoms with Gasteiger partial charge in [0.05, 0.1) is 6.42 Å². The smallest absolute Gasteiger partial charge is 0.307 e. The van der Waals surface area contributed by atoms with Gasteiger partial charge in [-0.15, -0.1) is 0 Å². The molecule has 0 spiro atoms. The Labute approximate surface area is 98.6 Å². The minimum Gasteiger partial charge on any atom is -0.481 e. The standard InChI is InChI=1S/C9H8BrIO2/c1-5-2-7(10)6(4-9(12)13)8(11)3-5/h2-3H,4H2,1H3,(H,12,13). The number of halogens is 2. The number of benzene rings is 1. The first-order valence-corrected chi connectivity index (χ1v) is 5.54. The van der Waals surface area contributed by atoms with E-state index in [1.54, 1.807) is 0 Å². The Hall–Kier alpha value is -0.100. The molecule has 70 valence electrons. The zero-order valence-electron chi connectivity index (χ0n) is 6.97. The normalized spacial score (nSPS) is 10.1. The number of hydrogen-bond acceptors (Lipinski definition) is 1. The van der Waals surface area contributed by atoms with E-state index >= 15 is 0 Å². The second kappa shape index (κ2) is 4.41. The number of rotatable bonds is 2. The number of carboxylic acids is 1. The molecule has 0 aliphatic carbocycles. The fraction of sp³-hybridized carbons (Fsp3) is 0.222. The molecular weight excluding hydrogens is 347 g/mol. The lowest BCUT2D eigenvalue weighted by Gasteiger charge is -2.05. The van der Waals surface area contributed by atoms with Gasteiger partial charge in [0.25, 0.3) is 0 Å². The van der Waals surface area contributed by atoms with Crippen molar-refractivity contribution in [2.24, 2.45) is 0 Å². The number of hydrogen-bond donors (Lipinski definition) is 1. The highest BCUT2D eigenvalue weighted by atomic mass is 127. The summed E-state index contributed by atoms with van der Waals surface area (Å²) in [6.45, 7) is 1.98. The molecule has 1 aromatic carbocycles. The third kappa shape index (κ3) is 2.95. The molecule has 4 heteroatoms. The van der Waals surface area contributed by atoms with Crippen LogP contribution in [0.5, 0.6) is 0 Å². The summed E-state index contributed by atoms with van der Waals surface area (Å²) in [7, 11) is 0. The van der Waals surface area contributed by atoms with Crippen LogP contribution < -0.4 is 0 Å². The Morgan fingerprint density at radius 2 is 2.23 bits per heavy atom. The molecule has 2 nitrogen and oxygen atoms in total. The number of aryl methyl sites for hydroxylation is 1. The summed E-state index contributed by atoms with van der Waals surface area (Å²) in [5.74, 6) is -0.803. The van der Waals surface area contributed by atoms with Gasteiger partial charge in [0.1, 0.15) is 0 Å². The van der Waals surface area contributed by atoms with E-state index in [1.165, 1.54) is 0 Å². The van der Waals surface area contributed by atoms with Gasteiger partial charge in [0, 0.05) is 8.04 Å². The van der Waals surface area contributed by atoms with Crippen molar-refractivity contribution in [2.75, 3.05) is 0 Å². The van der Waals surface area contributed by atoms with Crippen LogP contribution in [0.4, 0.5) is 0 Å². The second-order valence-electron chi connectivity index (χ2n) is 2.78. The van der Waals surface area contributed by atoms with Crippen molar-refractivity contribution in [3.63, 3.8) is 0 Å². The van der Waals surface area contributed by atoms with Gasteiger partial charge in [-0.1, -0.05) is 15.9 Å². The molecule has 1 rings (SSSR count). The zero-order chi connectivity index (χ0) is 10.0. The van der Waals surface area contributed by atoms with Gasteiger partial charge in [-0.05, 0) is 52.8 Å². The molecule has 0 atom stereocenters. The molecule has 0 saturated carbocycles. The van der Waals surface area contributed by atoms with Gasteiger partial charge < -0.3 is 5.11 Å². The summed E-state index contributed by atoms with van der Waals surface area (Å²) < 4.78 is 1.87. The highest BCUT2D eigenvalue weighted by Crippen LogP contribution is 2.24. The zero-order valence-corrected chi connectivity index (χ0v) is 10.7. The van der Waals surface area contributed by atoms with Crippen LogP contribution in [-0.4, -0.2) is 11.1 Å². The van der Waals surface area contributed by atoms with Crippen LogP contribution in [0, 0.1) is 10.5 Å². The summed E-state index contributed by atoms with van der Waals surface area (Å²) in [5.41, 5.74) is 1.98. The fourth-order valence-electron chi connectivity index (χ4n) is 1.05. The topological polar surface area (TPSA) is 37.3 Å². The second-order valence-corrected chi connectivity index (χ2v) is 4.79. The Bertz CT molecular complexity index is 326. The average Bonchev–Trinajstić information content (AvgIpc) is 1.96. The van der Waals surface area contributed by atoms with E-state index in [0.717, 1.165) is 19.2 Å². The summed E-state index contributed by atoms with van der Waals surface area (Å²) in [4.78, 5) is 10.5. The van der Waals surface area contributed by atoms with Gasteiger partial charge in [-0.25, -0.2) is 0 Å². The molecule has 0 fully saturated rings. The van der Waals surface area contributed by atoms with Crippen LogP contribution in [0.3, 0.4) is 0 Å². The van der Waals surface area contributed by atoms with Gasteiger partial charge in [0.2, 0.25) is 0 Å². The molecule has 1 aromatic rings. The van der Waals surface area contributed by atoms with Crippen molar-refractivity contribution >= 4 is 44.5 Å². The highest BCUT2D eigenvalue weighted by Gasteiger charge is 2.09. The molecular formula is C9H8BrIO2. The van der Waals surface area contributed by atoms with Gasteiger partial charge in [-0.2, -0.15) is 0 Å². The van der Waals surface area contributed by atoms with E-state index in [9.17, 15) is 4.79 Å². The van der Waals surface area contributed by atoms with Gasteiger partial charge in [-0.3, -0.25) is 4.79 Å². The Kier molecular flexibility index (Phi) is 3.73. The molecule has 0 aliphatic rings. The Balaban J connectivity index is 3.13. The molecule has 0 unspecified atom stereocenters. The SMILES string of the molecule is Cc1cc(Br)c(CC(=O)O)c(I)c1. The maximum Gasteiger partial charge on any atom is 0.307 e. The quantitative estimate of drug-likeness (QED) is 0.829. The molecule has 0 bridgehead atoms. The predicted octanol–water partition coefficient (Wildman–Crippen LogP) is 2.99. The predicted molar refractivity (Wildman–Crippen MR) is 62.9 cm³/mol. The van der Waals surface area contributed by atoms with Gasteiger partial charge in [0.15, 0.2) is 0 Å². The van der Waals surface area contributed by atoms with Crippen molar-refractivity contribution in [1.29, 1.82) is 0 Å². The van der Waals surface area contributed by atoms with Crippen LogP contribution >= 0.6 is 38.5 Å². The Morgan fingerprint density at radius 3 is 2.69 bits per heavy atom. The lowest BCUT2D eigenvalue weighted by molar-refractivity contribution is -0.136.